The second kappa shape index (κ2) is 7.94. The maximum absolute atomic E-state index is 13.5. The Labute approximate surface area is 163 Å². The quantitative estimate of drug-likeness (QED) is 0.736. The number of hydrogen-bond acceptors (Lipinski definition) is 4. The Morgan fingerprint density at radius 3 is 2.96 bits per heavy atom. The summed E-state index contributed by atoms with van der Waals surface area (Å²) in [6.07, 6.45) is 2.44. The van der Waals surface area contributed by atoms with Gasteiger partial charge in [-0.25, -0.2) is 4.39 Å². The predicted molar refractivity (Wildman–Crippen MR) is 103 cm³/mol. The van der Waals surface area contributed by atoms with Crippen LogP contribution < -0.4 is 5.32 Å². The molecule has 0 radical (unpaired) electrons. The van der Waals surface area contributed by atoms with E-state index in [-0.39, 0.29) is 11.7 Å². The van der Waals surface area contributed by atoms with Crippen LogP contribution in [0, 0.1) is 12.7 Å². The van der Waals surface area contributed by atoms with E-state index in [0.29, 0.717) is 31.0 Å². The zero-order valence-electron chi connectivity index (χ0n) is 15.7. The van der Waals surface area contributed by atoms with E-state index in [1.165, 1.54) is 6.07 Å². The second-order valence-corrected chi connectivity index (χ2v) is 7.03. The Bertz CT molecular complexity index is 985. The Kier molecular flexibility index (Phi) is 5.21. The van der Waals surface area contributed by atoms with E-state index in [1.807, 2.05) is 31.2 Å². The topological polar surface area (TPSA) is 58.4 Å². The Morgan fingerprint density at radius 2 is 2.18 bits per heavy atom. The van der Waals surface area contributed by atoms with Crippen LogP contribution >= 0.6 is 0 Å². The van der Waals surface area contributed by atoms with E-state index in [0.717, 1.165) is 35.5 Å². The van der Waals surface area contributed by atoms with Crippen molar-refractivity contribution < 1.29 is 13.6 Å². The van der Waals surface area contributed by atoms with Gasteiger partial charge in [-0.2, -0.15) is 0 Å². The summed E-state index contributed by atoms with van der Waals surface area (Å²) < 4.78 is 19.3. The van der Waals surface area contributed by atoms with E-state index in [1.54, 1.807) is 18.3 Å². The molecule has 1 amide bonds. The molecule has 0 unspecified atom stereocenters. The van der Waals surface area contributed by atoms with E-state index in [4.69, 9.17) is 4.42 Å². The van der Waals surface area contributed by atoms with Gasteiger partial charge in [0.25, 0.3) is 5.91 Å². The number of hydrogen-bond donors (Lipinski definition) is 1. The number of carbonyl (C=O) groups is 1. The molecule has 3 heterocycles. The van der Waals surface area contributed by atoms with Gasteiger partial charge in [0.1, 0.15) is 17.3 Å². The zero-order chi connectivity index (χ0) is 19.5. The lowest BCUT2D eigenvalue weighted by Crippen LogP contribution is -2.32. The minimum Gasteiger partial charge on any atom is -0.465 e. The SMILES string of the molecule is Cc1oc2c(c1C(=O)NCc1ccccn1)CN(Cc1cccc(F)c1)CC2. The fourth-order valence-electron chi connectivity index (χ4n) is 3.67. The molecule has 0 aliphatic carbocycles. The number of nitrogens with one attached hydrogen (secondary N) is 1. The maximum Gasteiger partial charge on any atom is 0.255 e. The van der Waals surface area contributed by atoms with Crippen LogP contribution in [0.4, 0.5) is 4.39 Å². The number of amides is 1. The molecule has 3 aromatic rings. The minimum atomic E-state index is -0.232. The molecular weight excluding hydrogens is 357 g/mol. The molecule has 144 valence electrons. The van der Waals surface area contributed by atoms with Gasteiger partial charge in [0.05, 0.1) is 17.8 Å². The van der Waals surface area contributed by atoms with Crippen molar-refractivity contribution in [2.24, 2.45) is 0 Å². The molecule has 1 aliphatic rings. The summed E-state index contributed by atoms with van der Waals surface area (Å²) in [6.45, 7) is 4.24. The average Bonchev–Trinajstić information content (AvgIpc) is 3.02. The first-order valence-corrected chi connectivity index (χ1v) is 9.36. The third kappa shape index (κ3) is 3.97. The number of carbonyl (C=O) groups excluding carboxylic acids is 1. The third-order valence-electron chi connectivity index (χ3n) is 4.98. The first-order valence-electron chi connectivity index (χ1n) is 9.36. The van der Waals surface area contributed by atoms with Crippen LogP contribution in [0.25, 0.3) is 0 Å². The monoisotopic (exact) mass is 379 g/mol. The van der Waals surface area contributed by atoms with Crippen molar-refractivity contribution in [3.8, 4) is 0 Å². The normalized spacial score (nSPS) is 13.9. The number of furan rings is 1. The summed E-state index contributed by atoms with van der Waals surface area (Å²) in [7, 11) is 0. The molecule has 2 aromatic heterocycles. The van der Waals surface area contributed by atoms with E-state index in [9.17, 15) is 9.18 Å². The Balaban J connectivity index is 1.48. The number of aryl methyl sites for hydroxylation is 1. The van der Waals surface area contributed by atoms with Crippen molar-refractivity contribution in [1.29, 1.82) is 0 Å². The van der Waals surface area contributed by atoms with Crippen LogP contribution in [0.3, 0.4) is 0 Å². The Hall–Kier alpha value is -2.99. The molecular formula is C22H22FN3O2. The van der Waals surface area contributed by atoms with Crippen molar-refractivity contribution in [1.82, 2.24) is 15.2 Å². The van der Waals surface area contributed by atoms with Gasteiger partial charge in [-0.3, -0.25) is 14.7 Å². The van der Waals surface area contributed by atoms with E-state index < -0.39 is 0 Å². The fraction of sp³-hybridized carbons (Fsp3) is 0.273. The minimum absolute atomic E-state index is 0.152. The summed E-state index contributed by atoms with van der Waals surface area (Å²) in [5.74, 6) is 1.12. The van der Waals surface area contributed by atoms with Crippen LogP contribution in [0.15, 0.2) is 53.1 Å². The summed E-state index contributed by atoms with van der Waals surface area (Å²) >= 11 is 0. The van der Waals surface area contributed by atoms with Crippen molar-refractivity contribution in [2.45, 2.75) is 33.0 Å². The number of benzene rings is 1. The van der Waals surface area contributed by atoms with Crippen molar-refractivity contribution in [2.75, 3.05) is 6.54 Å². The van der Waals surface area contributed by atoms with Crippen LogP contribution in [0.2, 0.25) is 0 Å². The number of aromatic nitrogens is 1. The van der Waals surface area contributed by atoms with Gasteiger partial charge < -0.3 is 9.73 Å². The number of halogens is 1. The largest absolute Gasteiger partial charge is 0.465 e. The predicted octanol–water partition coefficient (Wildman–Crippen LogP) is 3.61. The summed E-state index contributed by atoms with van der Waals surface area (Å²) in [6, 6.07) is 12.2. The van der Waals surface area contributed by atoms with Crippen LogP contribution in [0.1, 0.15) is 38.7 Å². The van der Waals surface area contributed by atoms with Crippen LogP contribution in [-0.2, 0) is 26.1 Å². The fourth-order valence-corrected chi connectivity index (χ4v) is 3.67. The number of rotatable bonds is 5. The molecule has 0 saturated heterocycles. The van der Waals surface area contributed by atoms with Crippen molar-refractivity contribution in [3.05, 3.63) is 88.4 Å². The summed E-state index contributed by atoms with van der Waals surface area (Å²) in [5.41, 5.74) is 3.26. The molecule has 0 saturated carbocycles. The molecule has 0 bridgehead atoms. The molecule has 1 aromatic carbocycles. The smallest absolute Gasteiger partial charge is 0.255 e. The highest BCUT2D eigenvalue weighted by Gasteiger charge is 2.28. The third-order valence-corrected chi connectivity index (χ3v) is 4.98. The van der Waals surface area contributed by atoms with Gasteiger partial charge in [0, 0.05) is 37.8 Å². The molecule has 28 heavy (non-hydrogen) atoms. The van der Waals surface area contributed by atoms with Gasteiger partial charge in [0.2, 0.25) is 0 Å². The van der Waals surface area contributed by atoms with Crippen molar-refractivity contribution >= 4 is 5.91 Å². The van der Waals surface area contributed by atoms with Gasteiger partial charge in [-0.05, 0) is 36.8 Å². The number of fused-ring (bicyclic) bond motifs is 1. The number of nitrogens with zero attached hydrogens (tertiary/aromatic N) is 2. The van der Waals surface area contributed by atoms with Gasteiger partial charge in [0.15, 0.2) is 0 Å². The highest BCUT2D eigenvalue weighted by atomic mass is 19.1. The zero-order valence-corrected chi connectivity index (χ0v) is 15.7. The van der Waals surface area contributed by atoms with Gasteiger partial charge in [-0.1, -0.05) is 18.2 Å². The molecule has 0 atom stereocenters. The summed E-state index contributed by atoms with van der Waals surface area (Å²) in [5, 5.41) is 2.93. The van der Waals surface area contributed by atoms with E-state index >= 15 is 0 Å². The lowest BCUT2D eigenvalue weighted by Gasteiger charge is -2.26. The second-order valence-electron chi connectivity index (χ2n) is 7.03. The molecule has 5 nitrogen and oxygen atoms in total. The van der Waals surface area contributed by atoms with E-state index in [2.05, 4.69) is 15.2 Å². The molecule has 0 spiro atoms. The van der Waals surface area contributed by atoms with Gasteiger partial charge in [-0.15, -0.1) is 0 Å². The average molecular weight is 379 g/mol. The Morgan fingerprint density at radius 1 is 1.29 bits per heavy atom. The maximum atomic E-state index is 13.5. The van der Waals surface area contributed by atoms with Crippen molar-refractivity contribution in [3.63, 3.8) is 0 Å². The standard InChI is InChI=1S/C22H22FN3O2/c1-15-21(22(27)25-12-18-7-2-3-9-24-18)19-14-26(10-8-20(19)28-15)13-16-5-4-6-17(23)11-16/h2-7,9,11H,8,10,12-14H2,1H3,(H,25,27). The first kappa shape index (κ1) is 18.4. The van der Waals surface area contributed by atoms with Crippen LogP contribution in [-0.4, -0.2) is 22.3 Å². The highest BCUT2D eigenvalue weighted by molar-refractivity contribution is 5.97. The number of pyridine rings is 1. The molecule has 1 N–H and O–H groups in total. The molecule has 1 aliphatic heterocycles. The van der Waals surface area contributed by atoms with Gasteiger partial charge >= 0.3 is 0 Å². The highest BCUT2D eigenvalue weighted by Crippen LogP contribution is 2.29. The molecule has 4 rings (SSSR count). The lowest BCUT2D eigenvalue weighted by molar-refractivity contribution is 0.0947. The van der Waals surface area contributed by atoms with Crippen LogP contribution in [0.5, 0.6) is 0 Å². The molecule has 6 heteroatoms. The summed E-state index contributed by atoms with van der Waals surface area (Å²) in [4.78, 5) is 19.3. The molecule has 0 fully saturated rings. The lowest BCUT2D eigenvalue weighted by atomic mass is 10.0. The first-order chi connectivity index (χ1) is 13.6.